The largest absolute Gasteiger partial charge is 0.508 e. The van der Waals surface area contributed by atoms with Crippen LogP contribution in [0.5, 0.6) is 5.75 Å². The van der Waals surface area contributed by atoms with Gasteiger partial charge in [-0.1, -0.05) is 13.0 Å². The second kappa shape index (κ2) is 8.16. The lowest BCUT2D eigenvalue weighted by atomic mass is 9.46. The van der Waals surface area contributed by atoms with Gasteiger partial charge in [-0.25, -0.2) is 4.98 Å². The zero-order valence-electron chi connectivity index (χ0n) is 21.9. The predicted octanol–water partition coefficient (Wildman–Crippen LogP) is 3.72. The molecule has 5 fully saturated rings. The van der Waals surface area contributed by atoms with Crippen molar-refractivity contribution in [1.82, 2.24) is 19.8 Å². The minimum atomic E-state index is -0.292. The minimum Gasteiger partial charge on any atom is -0.508 e. The van der Waals surface area contributed by atoms with E-state index in [4.69, 9.17) is 0 Å². The van der Waals surface area contributed by atoms with Gasteiger partial charge in [0.15, 0.2) is 0 Å². The first-order chi connectivity index (χ1) is 17.9. The second-order valence-electron chi connectivity index (χ2n) is 12.5. The van der Waals surface area contributed by atoms with Crippen molar-refractivity contribution in [3.63, 3.8) is 0 Å². The Morgan fingerprint density at radius 1 is 1.24 bits per heavy atom. The van der Waals surface area contributed by atoms with Crippen molar-refractivity contribution < 1.29 is 9.90 Å². The average molecular weight is 503 g/mol. The Morgan fingerprint density at radius 2 is 2.08 bits per heavy atom. The summed E-state index contributed by atoms with van der Waals surface area (Å²) in [6.07, 6.45) is 10.7. The summed E-state index contributed by atoms with van der Waals surface area (Å²) in [6.45, 7) is 7.78. The number of aromatic nitrogens is 2. The van der Waals surface area contributed by atoms with Crippen LogP contribution in [0.25, 0.3) is 0 Å². The number of phenolic OH excluding ortho intramolecular Hbond substituents is 1. The predicted molar refractivity (Wildman–Crippen MR) is 140 cm³/mol. The number of aromatic amines is 1. The summed E-state index contributed by atoms with van der Waals surface area (Å²) in [7, 11) is 0. The molecule has 3 saturated carbocycles. The van der Waals surface area contributed by atoms with E-state index < -0.39 is 0 Å². The standard InChI is InChI=1S/C30H38N4O3/c1-3-20-6-7-22(35)12-23(20)30-10-11-33(16-19-4-5-19)18(2)29(30)9-8-25-27(30)21(13-29)17-34(25)28(37)24-14-32-26(36)15-31-24/h6-7,12,14-15,18-19,21,25,27,35H,3-5,8-11,13,16-17H2,1-2H3,(H,32,36)/t18?,21-,25?,27?,29?,30?/m1/s1. The quantitative estimate of drug-likeness (QED) is 0.651. The smallest absolute Gasteiger partial charge is 0.274 e. The van der Waals surface area contributed by atoms with Crippen LogP contribution < -0.4 is 5.56 Å². The number of nitrogens with one attached hydrogen (secondary N) is 1. The molecule has 7 rings (SSSR count). The Kier molecular flexibility index (Phi) is 5.17. The molecule has 2 saturated heterocycles. The van der Waals surface area contributed by atoms with Crippen molar-refractivity contribution in [2.45, 2.75) is 76.3 Å². The first kappa shape index (κ1) is 23.4. The molecule has 0 spiro atoms. The maximum Gasteiger partial charge on any atom is 0.274 e. The monoisotopic (exact) mass is 502 g/mol. The Bertz CT molecular complexity index is 1280. The van der Waals surface area contributed by atoms with Crippen molar-refractivity contribution in [2.75, 3.05) is 19.6 Å². The Labute approximate surface area is 218 Å². The molecule has 1 aromatic carbocycles. The van der Waals surface area contributed by atoms with Crippen LogP contribution in [0.15, 0.2) is 35.4 Å². The fraction of sp³-hybridized carbons (Fsp3) is 0.633. The van der Waals surface area contributed by atoms with Gasteiger partial charge < -0.3 is 15.0 Å². The number of hydrogen-bond acceptors (Lipinski definition) is 5. The van der Waals surface area contributed by atoms with Crippen LogP contribution in [-0.2, 0) is 11.8 Å². The number of likely N-dealkylation sites (tertiary alicyclic amines) is 2. The number of amides is 1. The van der Waals surface area contributed by atoms with Crippen molar-refractivity contribution in [2.24, 2.45) is 23.2 Å². The first-order valence-corrected chi connectivity index (χ1v) is 14.3. The number of rotatable bonds is 5. The summed E-state index contributed by atoms with van der Waals surface area (Å²) in [6, 6.07) is 6.71. The molecular formula is C30H38N4O3. The van der Waals surface area contributed by atoms with Crippen LogP contribution in [0.1, 0.15) is 74.0 Å². The zero-order chi connectivity index (χ0) is 25.5. The van der Waals surface area contributed by atoms with E-state index in [0.717, 1.165) is 51.1 Å². The van der Waals surface area contributed by atoms with E-state index in [1.807, 2.05) is 6.07 Å². The van der Waals surface area contributed by atoms with Crippen molar-refractivity contribution in [3.05, 3.63) is 57.8 Å². The number of nitrogens with zero attached hydrogens (tertiary/aromatic N) is 3. The molecule has 5 unspecified atom stereocenters. The van der Waals surface area contributed by atoms with Crippen LogP contribution in [-0.4, -0.2) is 62.5 Å². The molecule has 2 aromatic rings. The molecule has 6 atom stereocenters. The fourth-order valence-corrected chi connectivity index (χ4v) is 9.60. The number of carbonyl (C=O) groups is 1. The molecule has 1 aromatic heterocycles. The Hall–Kier alpha value is -2.67. The number of hydrogen-bond donors (Lipinski definition) is 2. The second-order valence-corrected chi connectivity index (χ2v) is 12.5. The third-order valence-corrected chi connectivity index (χ3v) is 11.2. The summed E-state index contributed by atoms with van der Waals surface area (Å²) in [5.41, 5.74) is 2.84. The van der Waals surface area contributed by atoms with Gasteiger partial charge in [0.1, 0.15) is 11.4 Å². The average Bonchev–Trinajstić information content (AvgIpc) is 3.60. The summed E-state index contributed by atoms with van der Waals surface area (Å²) < 4.78 is 0. The third-order valence-electron chi connectivity index (χ3n) is 11.2. The molecule has 2 bridgehead atoms. The molecule has 3 heterocycles. The van der Waals surface area contributed by atoms with Crippen LogP contribution >= 0.6 is 0 Å². The fourth-order valence-electron chi connectivity index (χ4n) is 9.60. The van der Waals surface area contributed by atoms with E-state index in [0.29, 0.717) is 29.3 Å². The summed E-state index contributed by atoms with van der Waals surface area (Å²) in [5.74, 6) is 1.98. The van der Waals surface area contributed by atoms with E-state index in [2.05, 4.69) is 45.7 Å². The molecule has 196 valence electrons. The molecule has 0 radical (unpaired) electrons. The summed E-state index contributed by atoms with van der Waals surface area (Å²) in [5, 5.41) is 10.7. The minimum absolute atomic E-state index is 0.0441. The van der Waals surface area contributed by atoms with Crippen LogP contribution in [0.2, 0.25) is 0 Å². The highest BCUT2D eigenvalue weighted by atomic mass is 16.3. The van der Waals surface area contributed by atoms with E-state index in [-0.39, 0.29) is 28.3 Å². The van der Waals surface area contributed by atoms with Gasteiger partial charge in [0.05, 0.1) is 6.20 Å². The lowest BCUT2D eigenvalue weighted by Crippen LogP contribution is -2.66. The lowest BCUT2D eigenvalue weighted by Gasteiger charge is -2.63. The maximum atomic E-state index is 13.7. The molecule has 2 N–H and O–H groups in total. The number of H-pyrrole nitrogens is 1. The van der Waals surface area contributed by atoms with Gasteiger partial charge in [0, 0.05) is 36.8 Å². The van der Waals surface area contributed by atoms with Crippen molar-refractivity contribution in [3.8, 4) is 5.75 Å². The molecule has 2 aliphatic heterocycles. The maximum absolute atomic E-state index is 13.7. The molecule has 7 heteroatoms. The van der Waals surface area contributed by atoms with Gasteiger partial charge in [-0.3, -0.25) is 14.5 Å². The Morgan fingerprint density at radius 3 is 2.81 bits per heavy atom. The molecule has 7 nitrogen and oxygen atoms in total. The van der Waals surface area contributed by atoms with E-state index in [1.165, 1.54) is 42.9 Å². The molecule has 1 amide bonds. The number of benzene rings is 1. The topological polar surface area (TPSA) is 89.5 Å². The highest BCUT2D eigenvalue weighted by Crippen LogP contribution is 2.73. The highest BCUT2D eigenvalue weighted by molar-refractivity contribution is 5.92. The first-order valence-electron chi connectivity index (χ1n) is 14.3. The Balaban J connectivity index is 1.34. The van der Waals surface area contributed by atoms with Gasteiger partial charge >= 0.3 is 0 Å². The zero-order valence-corrected chi connectivity index (χ0v) is 21.9. The summed E-state index contributed by atoms with van der Waals surface area (Å²) >= 11 is 0. The lowest BCUT2D eigenvalue weighted by molar-refractivity contribution is -0.0870. The normalized spacial score (nSPS) is 36.5. The van der Waals surface area contributed by atoms with Crippen molar-refractivity contribution >= 4 is 5.91 Å². The van der Waals surface area contributed by atoms with Crippen LogP contribution in [0.3, 0.4) is 0 Å². The number of aryl methyl sites for hydroxylation is 1. The molecule has 3 aliphatic carbocycles. The van der Waals surface area contributed by atoms with Gasteiger partial charge in [-0.05, 0) is 105 Å². The number of phenols is 1. The van der Waals surface area contributed by atoms with E-state index in [1.54, 1.807) is 0 Å². The van der Waals surface area contributed by atoms with Crippen molar-refractivity contribution in [1.29, 1.82) is 0 Å². The van der Waals surface area contributed by atoms with Crippen LogP contribution in [0.4, 0.5) is 0 Å². The molecule has 5 aliphatic rings. The van der Waals surface area contributed by atoms with Gasteiger partial charge in [0.25, 0.3) is 11.5 Å². The van der Waals surface area contributed by atoms with E-state index in [9.17, 15) is 14.7 Å². The third kappa shape index (κ3) is 3.19. The van der Waals surface area contributed by atoms with Gasteiger partial charge in [0.2, 0.25) is 0 Å². The number of piperidine rings is 1. The van der Waals surface area contributed by atoms with E-state index >= 15 is 0 Å². The summed E-state index contributed by atoms with van der Waals surface area (Å²) in [4.78, 5) is 36.9. The van der Waals surface area contributed by atoms with Gasteiger partial charge in [-0.2, -0.15) is 0 Å². The highest BCUT2D eigenvalue weighted by Gasteiger charge is 2.74. The molecule has 37 heavy (non-hydrogen) atoms. The van der Waals surface area contributed by atoms with Gasteiger partial charge in [-0.15, -0.1) is 0 Å². The number of aromatic hydroxyl groups is 1. The molecular weight excluding hydrogens is 464 g/mol. The van der Waals surface area contributed by atoms with Crippen LogP contribution in [0, 0.1) is 23.2 Å². The SMILES string of the molecule is CCc1ccc(O)cc1C12CCN(CC3CC3)C(C)C13CCC1C2[C@@H](CN1C(=O)c1c[nH]c(=O)cn1)C3. The number of carbonyl (C=O) groups excluding carboxylic acids is 1.